The van der Waals surface area contributed by atoms with Gasteiger partial charge in [-0.2, -0.15) is 0 Å². The van der Waals surface area contributed by atoms with Crippen LogP contribution in [0.2, 0.25) is 0 Å². The molecule has 0 aliphatic carbocycles. The van der Waals surface area contributed by atoms with E-state index in [2.05, 4.69) is 0 Å². The van der Waals surface area contributed by atoms with Gasteiger partial charge in [-0.1, -0.05) is 6.07 Å². The second-order valence-electron chi connectivity index (χ2n) is 7.16. The number of hydrogen-bond acceptors (Lipinski definition) is 3. The Bertz CT molecular complexity index is 611. The summed E-state index contributed by atoms with van der Waals surface area (Å²) in [5.74, 6) is 1.34. The number of ether oxygens (including phenoxy) is 1. The molecule has 2 aliphatic rings. The summed E-state index contributed by atoms with van der Waals surface area (Å²) in [7, 11) is 0. The fraction of sp³-hybridized carbons (Fsp3) is 0.600. The topological polar surface area (TPSA) is 49.9 Å². The quantitative estimate of drug-likeness (QED) is 0.844. The van der Waals surface area contributed by atoms with E-state index in [0.29, 0.717) is 18.1 Å². The minimum Gasteiger partial charge on any atom is -0.493 e. The lowest BCUT2D eigenvalue weighted by Crippen LogP contribution is -2.40. The minimum atomic E-state index is 0.102. The molecule has 25 heavy (non-hydrogen) atoms. The van der Waals surface area contributed by atoms with Gasteiger partial charge in [0.1, 0.15) is 5.75 Å². The Kier molecular flexibility index (Phi) is 5.95. The van der Waals surface area contributed by atoms with Crippen molar-refractivity contribution in [2.45, 2.75) is 39.0 Å². The molecule has 1 aromatic rings. The van der Waals surface area contributed by atoms with Gasteiger partial charge in [0.15, 0.2) is 0 Å². The zero-order chi connectivity index (χ0) is 17.6. The van der Waals surface area contributed by atoms with Gasteiger partial charge < -0.3 is 14.5 Å². The molecule has 0 bridgehead atoms. The molecule has 0 aromatic heterocycles. The van der Waals surface area contributed by atoms with Gasteiger partial charge in [-0.05, 0) is 50.3 Å². The smallest absolute Gasteiger partial charge is 0.253 e. The van der Waals surface area contributed by atoms with Crippen molar-refractivity contribution in [2.75, 3.05) is 32.8 Å². The zero-order valence-electron chi connectivity index (χ0n) is 15.1. The predicted octanol–water partition coefficient (Wildman–Crippen LogP) is 2.95. The average molecular weight is 344 g/mol. The summed E-state index contributed by atoms with van der Waals surface area (Å²) in [6.07, 6.45) is 5.51. The number of likely N-dealkylation sites (tertiary alicyclic amines) is 2. The molecule has 2 aliphatic heterocycles. The number of piperidine rings is 2. The number of nitrogens with zero attached hydrogens (tertiary/aromatic N) is 2. The van der Waals surface area contributed by atoms with E-state index in [-0.39, 0.29) is 11.8 Å². The fourth-order valence-electron chi connectivity index (χ4n) is 3.70. The Morgan fingerprint density at radius 2 is 1.84 bits per heavy atom. The first kappa shape index (κ1) is 17.8. The zero-order valence-corrected chi connectivity index (χ0v) is 15.1. The lowest BCUT2D eigenvalue weighted by molar-refractivity contribution is -0.130. The van der Waals surface area contributed by atoms with Crippen molar-refractivity contribution in [1.82, 2.24) is 9.80 Å². The standard InChI is InChI=1S/C20H28N2O3/c1-16(23)22-12-6-7-17(14-22)15-25-19-9-5-8-18(13-19)20(24)21-10-3-2-4-11-21/h5,8-9,13,17H,2-4,6-7,10-12,14-15H2,1H3/t17-/m0/s1. The molecule has 1 aromatic carbocycles. The summed E-state index contributed by atoms with van der Waals surface area (Å²) in [4.78, 5) is 28.0. The highest BCUT2D eigenvalue weighted by molar-refractivity contribution is 5.94. The Morgan fingerprint density at radius 3 is 2.60 bits per heavy atom. The van der Waals surface area contributed by atoms with Gasteiger partial charge in [0.2, 0.25) is 5.91 Å². The third kappa shape index (κ3) is 4.74. The summed E-state index contributed by atoms with van der Waals surface area (Å²) < 4.78 is 5.94. The maximum absolute atomic E-state index is 12.6. The van der Waals surface area contributed by atoms with Crippen LogP contribution in [0.25, 0.3) is 0 Å². The van der Waals surface area contributed by atoms with Crippen molar-refractivity contribution >= 4 is 11.8 Å². The first-order valence-corrected chi connectivity index (χ1v) is 9.41. The number of benzene rings is 1. The first-order valence-electron chi connectivity index (χ1n) is 9.41. The van der Waals surface area contributed by atoms with E-state index in [1.165, 1.54) is 6.42 Å². The molecule has 0 radical (unpaired) electrons. The van der Waals surface area contributed by atoms with Crippen LogP contribution in [0.15, 0.2) is 24.3 Å². The number of carbonyl (C=O) groups is 2. The number of hydrogen-bond donors (Lipinski definition) is 0. The van der Waals surface area contributed by atoms with Crippen molar-refractivity contribution in [3.8, 4) is 5.75 Å². The van der Waals surface area contributed by atoms with Crippen LogP contribution in [0.1, 0.15) is 49.4 Å². The summed E-state index contributed by atoms with van der Waals surface area (Å²) >= 11 is 0. The molecule has 0 saturated carbocycles. The number of amides is 2. The van der Waals surface area contributed by atoms with Crippen molar-refractivity contribution in [1.29, 1.82) is 0 Å². The van der Waals surface area contributed by atoms with Crippen molar-refractivity contribution < 1.29 is 14.3 Å². The molecule has 0 N–H and O–H groups in total. The van der Waals surface area contributed by atoms with Crippen LogP contribution in [-0.2, 0) is 4.79 Å². The van der Waals surface area contributed by atoms with E-state index < -0.39 is 0 Å². The van der Waals surface area contributed by atoms with Crippen LogP contribution in [0, 0.1) is 5.92 Å². The minimum absolute atomic E-state index is 0.102. The lowest BCUT2D eigenvalue weighted by Gasteiger charge is -2.32. The van der Waals surface area contributed by atoms with Gasteiger partial charge in [-0.25, -0.2) is 0 Å². The Hall–Kier alpha value is -2.04. The molecule has 5 nitrogen and oxygen atoms in total. The Balaban J connectivity index is 1.56. The number of carbonyl (C=O) groups excluding carboxylic acids is 2. The van der Waals surface area contributed by atoms with E-state index in [9.17, 15) is 9.59 Å². The summed E-state index contributed by atoms with van der Waals surface area (Å²) in [5, 5.41) is 0. The molecule has 3 rings (SSSR count). The first-order chi connectivity index (χ1) is 12.1. The van der Waals surface area contributed by atoms with Gasteiger partial charge >= 0.3 is 0 Å². The van der Waals surface area contributed by atoms with E-state index >= 15 is 0 Å². The van der Waals surface area contributed by atoms with Crippen LogP contribution < -0.4 is 4.74 Å². The highest BCUT2D eigenvalue weighted by atomic mass is 16.5. The van der Waals surface area contributed by atoms with E-state index in [1.807, 2.05) is 34.1 Å². The Labute approximate surface area is 149 Å². The maximum Gasteiger partial charge on any atom is 0.253 e. The molecule has 1 atom stereocenters. The van der Waals surface area contributed by atoms with Crippen LogP contribution >= 0.6 is 0 Å². The fourth-order valence-corrected chi connectivity index (χ4v) is 3.70. The van der Waals surface area contributed by atoms with Crippen molar-refractivity contribution in [2.24, 2.45) is 5.92 Å². The third-order valence-corrected chi connectivity index (χ3v) is 5.17. The molecule has 5 heteroatoms. The van der Waals surface area contributed by atoms with Gasteiger partial charge in [0.25, 0.3) is 5.91 Å². The predicted molar refractivity (Wildman–Crippen MR) is 96.7 cm³/mol. The molecule has 2 amide bonds. The van der Waals surface area contributed by atoms with Crippen LogP contribution in [0.4, 0.5) is 0 Å². The van der Waals surface area contributed by atoms with Crippen molar-refractivity contribution in [3.05, 3.63) is 29.8 Å². The molecule has 2 fully saturated rings. The van der Waals surface area contributed by atoms with Gasteiger partial charge in [0.05, 0.1) is 6.61 Å². The van der Waals surface area contributed by atoms with Gasteiger partial charge in [-0.15, -0.1) is 0 Å². The van der Waals surface area contributed by atoms with Gasteiger partial charge in [0, 0.05) is 44.6 Å². The summed E-state index contributed by atoms with van der Waals surface area (Å²) in [6, 6.07) is 7.50. The van der Waals surface area contributed by atoms with Crippen LogP contribution in [-0.4, -0.2) is 54.4 Å². The average Bonchev–Trinajstić information content (AvgIpc) is 2.67. The second-order valence-corrected chi connectivity index (χ2v) is 7.16. The molecule has 2 heterocycles. The van der Waals surface area contributed by atoms with E-state index in [4.69, 9.17) is 4.74 Å². The van der Waals surface area contributed by atoms with Crippen molar-refractivity contribution in [3.63, 3.8) is 0 Å². The highest BCUT2D eigenvalue weighted by Gasteiger charge is 2.22. The second kappa shape index (κ2) is 8.37. The van der Waals surface area contributed by atoms with E-state index in [1.54, 1.807) is 6.92 Å². The van der Waals surface area contributed by atoms with E-state index in [0.717, 1.165) is 57.6 Å². The molecule has 0 unspecified atom stereocenters. The monoisotopic (exact) mass is 344 g/mol. The summed E-state index contributed by atoms with van der Waals surface area (Å²) in [6.45, 7) is 5.54. The number of rotatable bonds is 4. The van der Waals surface area contributed by atoms with Gasteiger partial charge in [-0.3, -0.25) is 9.59 Å². The molecular weight excluding hydrogens is 316 g/mol. The SMILES string of the molecule is CC(=O)N1CCC[C@H](COc2cccc(C(=O)N3CCCCC3)c2)C1. The largest absolute Gasteiger partial charge is 0.493 e. The Morgan fingerprint density at radius 1 is 1.08 bits per heavy atom. The molecule has 0 spiro atoms. The lowest BCUT2D eigenvalue weighted by atomic mass is 9.99. The molecule has 136 valence electrons. The highest BCUT2D eigenvalue weighted by Crippen LogP contribution is 2.21. The molecule has 2 saturated heterocycles. The van der Waals surface area contributed by atoms with Crippen LogP contribution in [0.3, 0.4) is 0 Å². The van der Waals surface area contributed by atoms with Crippen LogP contribution in [0.5, 0.6) is 5.75 Å². The normalized spacial score (nSPS) is 21.1. The maximum atomic E-state index is 12.6. The third-order valence-electron chi connectivity index (χ3n) is 5.17. The molecular formula is C20H28N2O3. The summed E-state index contributed by atoms with van der Waals surface area (Å²) in [5.41, 5.74) is 0.702.